The first-order chi connectivity index (χ1) is 7.42. The molecule has 15 heavy (non-hydrogen) atoms. The predicted molar refractivity (Wildman–Crippen MR) is 62.0 cm³/mol. The molecule has 0 bridgehead atoms. The molecule has 3 rings (SSSR count). The van der Waals surface area contributed by atoms with Crippen molar-refractivity contribution in [3.8, 4) is 11.3 Å². The summed E-state index contributed by atoms with van der Waals surface area (Å²) in [6.45, 7) is 0. The zero-order valence-corrected chi connectivity index (χ0v) is 9.00. The maximum absolute atomic E-state index is 4.48. The van der Waals surface area contributed by atoms with Crippen LogP contribution in [0, 0.1) is 0 Å². The summed E-state index contributed by atoms with van der Waals surface area (Å²) in [6.07, 6.45) is 4.29. The van der Waals surface area contributed by atoms with E-state index in [0.717, 1.165) is 11.6 Å². The number of nitrogens with zero attached hydrogens (tertiary/aromatic N) is 2. The Morgan fingerprint density at radius 3 is 3.00 bits per heavy atom. The number of hydrogen-bond acceptors (Lipinski definition) is 4. The lowest BCUT2D eigenvalue weighted by molar-refractivity contribution is 1.06. The van der Waals surface area contributed by atoms with E-state index < -0.39 is 0 Å². The summed E-state index contributed by atoms with van der Waals surface area (Å²) < 4.78 is 0. The van der Waals surface area contributed by atoms with E-state index in [1.165, 1.54) is 18.4 Å². The standard InChI is InChI=1S/C11H11N3S/c1-2-9(1)13-11-12-5-3-10(14-11)8-4-6-15-7-8/h3-7,9H,1-2H2,(H,12,13,14). The molecule has 0 unspecified atom stereocenters. The molecule has 0 aromatic carbocycles. The SMILES string of the molecule is c1cc(-c2ccsc2)nc(NC2CC2)n1. The summed E-state index contributed by atoms with van der Waals surface area (Å²) in [6, 6.07) is 4.62. The Balaban J connectivity index is 1.88. The molecule has 3 nitrogen and oxygen atoms in total. The van der Waals surface area contributed by atoms with E-state index in [1.54, 1.807) is 11.3 Å². The lowest BCUT2D eigenvalue weighted by atomic mass is 10.2. The summed E-state index contributed by atoms with van der Waals surface area (Å²) in [7, 11) is 0. The van der Waals surface area contributed by atoms with Crippen molar-refractivity contribution in [2.75, 3.05) is 5.32 Å². The van der Waals surface area contributed by atoms with Gasteiger partial charge in [-0.3, -0.25) is 0 Å². The largest absolute Gasteiger partial charge is 0.351 e. The highest BCUT2D eigenvalue weighted by molar-refractivity contribution is 7.08. The highest BCUT2D eigenvalue weighted by Gasteiger charge is 2.21. The molecule has 4 heteroatoms. The lowest BCUT2D eigenvalue weighted by Crippen LogP contribution is -2.05. The summed E-state index contributed by atoms with van der Waals surface area (Å²) in [5, 5.41) is 7.46. The van der Waals surface area contributed by atoms with Crippen molar-refractivity contribution in [3.63, 3.8) is 0 Å². The van der Waals surface area contributed by atoms with Crippen molar-refractivity contribution in [1.29, 1.82) is 0 Å². The quantitative estimate of drug-likeness (QED) is 0.859. The average molecular weight is 217 g/mol. The number of thiophene rings is 1. The molecule has 1 aliphatic rings. The van der Waals surface area contributed by atoms with Crippen LogP contribution in [0.25, 0.3) is 11.3 Å². The topological polar surface area (TPSA) is 37.8 Å². The molecule has 0 saturated heterocycles. The number of anilines is 1. The van der Waals surface area contributed by atoms with Gasteiger partial charge in [0.15, 0.2) is 0 Å². The van der Waals surface area contributed by atoms with Gasteiger partial charge in [0.25, 0.3) is 0 Å². The van der Waals surface area contributed by atoms with Crippen LogP contribution in [-0.4, -0.2) is 16.0 Å². The molecule has 0 amide bonds. The molecule has 1 fully saturated rings. The Bertz CT molecular complexity index is 449. The minimum atomic E-state index is 0.600. The summed E-state index contributed by atoms with van der Waals surface area (Å²) in [4.78, 5) is 8.69. The van der Waals surface area contributed by atoms with Gasteiger partial charge in [-0.15, -0.1) is 0 Å². The van der Waals surface area contributed by atoms with Crippen LogP contribution >= 0.6 is 11.3 Å². The van der Waals surface area contributed by atoms with E-state index in [-0.39, 0.29) is 0 Å². The Morgan fingerprint density at radius 1 is 1.33 bits per heavy atom. The number of nitrogens with one attached hydrogen (secondary N) is 1. The molecule has 1 N–H and O–H groups in total. The molecule has 0 spiro atoms. The zero-order chi connectivity index (χ0) is 10.1. The highest BCUT2D eigenvalue weighted by atomic mass is 32.1. The van der Waals surface area contributed by atoms with Crippen molar-refractivity contribution >= 4 is 17.3 Å². The van der Waals surface area contributed by atoms with Crippen LogP contribution in [0.3, 0.4) is 0 Å². The second-order valence-corrected chi connectivity index (χ2v) is 4.48. The van der Waals surface area contributed by atoms with Crippen molar-refractivity contribution in [2.45, 2.75) is 18.9 Å². The van der Waals surface area contributed by atoms with Gasteiger partial charge in [0.1, 0.15) is 0 Å². The van der Waals surface area contributed by atoms with Crippen LogP contribution in [-0.2, 0) is 0 Å². The van der Waals surface area contributed by atoms with Gasteiger partial charge in [-0.1, -0.05) is 0 Å². The first kappa shape index (κ1) is 8.85. The number of rotatable bonds is 3. The Labute approximate surface area is 92.2 Å². The monoisotopic (exact) mass is 217 g/mol. The van der Waals surface area contributed by atoms with Crippen LogP contribution in [0.2, 0.25) is 0 Å². The van der Waals surface area contributed by atoms with Crippen molar-refractivity contribution in [1.82, 2.24) is 9.97 Å². The first-order valence-electron chi connectivity index (χ1n) is 5.04. The van der Waals surface area contributed by atoms with Crippen LogP contribution in [0.4, 0.5) is 5.95 Å². The normalized spacial score (nSPS) is 15.2. The molecule has 1 saturated carbocycles. The van der Waals surface area contributed by atoms with Gasteiger partial charge < -0.3 is 5.32 Å². The minimum absolute atomic E-state index is 0.600. The maximum atomic E-state index is 4.48. The van der Waals surface area contributed by atoms with Crippen molar-refractivity contribution in [2.24, 2.45) is 0 Å². The summed E-state index contributed by atoms with van der Waals surface area (Å²) >= 11 is 1.69. The third kappa shape index (κ3) is 1.99. The summed E-state index contributed by atoms with van der Waals surface area (Å²) in [5.74, 6) is 0.751. The van der Waals surface area contributed by atoms with Gasteiger partial charge in [0.2, 0.25) is 5.95 Å². The molecular formula is C11H11N3S. The second-order valence-electron chi connectivity index (χ2n) is 3.70. The van der Waals surface area contributed by atoms with Crippen LogP contribution in [0.5, 0.6) is 0 Å². The Morgan fingerprint density at radius 2 is 2.27 bits per heavy atom. The van der Waals surface area contributed by atoms with E-state index >= 15 is 0 Å². The molecule has 2 heterocycles. The molecular weight excluding hydrogens is 206 g/mol. The van der Waals surface area contributed by atoms with Gasteiger partial charge in [-0.05, 0) is 30.4 Å². The zero-order valence-electron chi connectivity index (χ0n) is 8.18. The smallest absolute Gasteiger partial charge is 0.223 e. The lowest BCUT2D eigenvalue weighted by Gasteiger charge is -2.03. The van der Waals surface area contributed by atoms with Crippen LogP contribution in [0.1, 0.15) is 12.8 Å². The van der Waals surface area contributed by atoms with Gasteiger partial charge in [0, 0.05) is 23.2 Å². The third-order valence-corrected chi connectivity index (χ3v) is 3.07. The molecule has 0 aliphatic heterocycles. The van der Waals surface area contributed by atoms with Crippen molar-refractivity contribution < 1.29 is 0 Å². The van der Waals surface area contributed by atoms with E-state index in [1.807, 2.05) is 12.3 Å². The second kappa shape index (κ2) is 3.62. The van der Waals surface area contributed by atoms with Gasteiger partial charge in [-0.2, -0.15) is 11.3 Å². The van der Waals surface area contributed by atoms with E-state index in [0.29, 0.717) is 6.04 Å². The fourth-order valence-corrected chi connectivity index (χ4v) is 2.06. The van der Waals surface area contributed by atoms with Crippen molar-refractivity contribution in [3.05, 3.63) is 29.1 Å². The number of aromatic nitrogens is 2. The third-order valence-electron chi connectivity index (χ3n) is 2.38. The summed E-state index contributed by atoms with van der Waals surface area (Å²) in [5.41, 5.74) is 2.16. The maximum Gasteiger partial charge on any atom is 0.223 e. The fourth-order valence-electron chi connectivity index (χ4n) is 1.41. The molecule has 2 aromatic rings. The Kier molecular flexibility index (Phi) is 2.14. The molecule has 0 radical (unpaired) electrons. The highest BCUT2D eigenvalue weighted by Crippen LogP contribution is 2.24. The van der Waals surface area contributed by atoms with Crippen LogP contribution in [0.15, 0.2) is 29.1 Å². The first-order valence-corrected chi connectivity index (χ1v) is 5.98. The molecule has 2 aromatic heterocycles. The molecule has 76 valence electrons. The van der Waals surface area contributed by atoms with Gasteiger partial charge in [-0.25, -0.2) is 9.97 Å². The fraction of sp³-hybridized carbons (Fsp3) is 0.273. The van der Waals surface area contributed by atoms with Gasteiger partial charge >= 0.3 is 0 Å². The van der Waals surface area contributed by atoms with E-state index in [9.17, 15) is 0 Å². The average Bonchev–Trinajstić information content (AvgIpc) is 2.91. The molecule has 0 atom stereocenters. The minimum Gasteiger partial charge on any atom is -0.351 e. The predicted octanol–water partition coefficient (Wildman–Crippen LogP) is 2.78. The van der Waals surface area contributed by atoms with E-state index in [4.69, 9.17) is 0 Å². The molecule has 1 aliphatic carbocycles. The van der Waals surface area contributed by atoms with Crippen LogP contribution < -0.4 is 5.32 Å². The van der Waals surface area contributed by atoms with Gasteiger partial charge in [0.05, 0.1) is 5.69 Å². The van der Waals surface area contributed by atoms with E-state index in [2.05, 4.69) is 32.1 Å². The number of hydrogen-bond donors (Lipinski definition) is 1. The Hall–Kier alpha value is -1.42.